The van der Waals surface area contributed by atoms with E-state index < -0.39 is 0 Å². The van der Waals surface area contributed by atoms with Gasteiger partial charge in [0.05, 0.1) is 0 Å². The van der Waals surface area contributed by atoms with Gasteiger partial charge in [0.1, 0.15) is 12.4 Å². The van der Waals surface area contributed by atoms with Crippen molar-refractivity contribution in [3.63, 3.8) is 0 Å². The molecule has 0 aliphatic carbocycles. The molecule has 108 valence electrons. The molecule has 1 N–H and O–H groups in total. The second kappa shape index (κ2) is 6.95. The van der Waals surface area contributed by atoms with Crippen molar-refractivity contribution in [3.05, 3.63) is 29.8 Å². The van der Waals surface area contributed by atoms with Crippen LogP contribution in [0.1, 0.15) is 47.1 Å². The monoisotopic (exact) mass is 263 g/mol. The fourth-order valence-corrected chi connectivity index (χ4v) is 1.90. The lowest BCUT2D eigenvalue weighted by molar-refractivity contribution is 0.290. The largest absolute Gasteiger partial charge is 0.492 e. The third kappa shape index (κ3) is 5.23. The van der Waals surface area contributed by atoms with Crippen LogP contribution in [0.25, 0.3) is 0 Å². The van der Waals surface area contributed by atoms with Crippen LogP contribution in [0, 0.1) is 5.92 Å². The number of nitrogens with one attached hydrogen (secondary N) is 1. The van der Waals surface area contributed by atoms with Gasteiger partial charge in [-0.25, -0.2) is 0 Å². The second-order valence-corrected chi connectivity index (χ2v) is 6.58. The summed E-state index contributed by atoms with van der Waals surface area (Å²) in [6, 6.07) is 8.86. The molecule has 0 aliphatic heterocycles. The molecule has 0 amide bonds. The summed E-state index contributed by atoms with van der Waals surface area (Å²) in [6.07, 6.45) is 0. The zero-order valence-corrected chi connectivity index (χ0v) is 13.3. The highest BCUT2D eigenvalue weighted by atomic mass is 16.5. The van der Waals surface area contributed by atoms with Crippen LogP contribution in [0.15, 0.2) is 24.3 Å². The predicted octanol–water partition coefficient (Wildman–Crippen LogP) is 4.00. The number of rotatable bonds is 6. The molecule has 1 unspecified atom stereocenters. The smallest absolute Gasteiger partial charge is 0.123 e. The minimum atomic E-state index is 0.120. The molecule has 0 bridgehead atoms. The SMILES string of the molecule is CC(C)C(C)NCCOc1ccccc1C(C)(C)C. The molecule has 1 atom stereocenters. The van der Waals surface area contributed by atoms with Gasteiger partial charge in [-0.3, -0.25) is 0 Å². The third-order valence-corrected chi connectivity index (χ3v) is 3.52. The van der Waals surface area contributed by atoms with Gasteiger partial charge in [0.25, 0.3) is 0 Å². The van der Waals surface area contributed by atoms with Crippen LogP contribution in [0.3, 0.4) is 0 Å². The van der Waals surface area contributed by atoms with Crippen molar-refractivity contribution < 1.29 is 4.74 Å². The molecular weight excluding hydrogens is 234 g/mol. The lowest BCUT2D eigenvalue weighted by Gasteiger charge is -2.23. The topological polar surface area (TPSA) is 21.3 Å². The first-order valence-electron chi connectivity index (χ1n) is 7.28. The van der Waals surface area contributed by atoms with Crippen LogP contribution in [0.4, 0.5) is 0 Å². The molecule has 2 heteroatoms. The molecule has 1 aromatic carbocycles. The zero-order valence-electron chi connectivity index (χ0n) is 13.3. The number of para-hydroxylation sites is 1. The minimum Gasteiger partial charge on any atom is -0.492 e. The first-order valence-corrected chi connectivity index (χ1v) is 7.28. The number of ether oxygens (including phenoxy) is 1. The molecule has 0 heterocycles. The summed E-state index contributed by atoms with van der Waals surface area (Å²) in [5.41, 5.74) is 1.39. The Labute approximate surface area is 118 Å². The van der Waals surface area contributed by atoms with Crippen molar-refractivity contribution in [3.8, 4) is 5.75 Å². The Morgan fingerprint density at radius 1 is 1.11 bits per heavy atom. The van der Waals surface area contributed by atoms with E-state index in [2.05, 4.69) is 65.1 Å². The number of hydrogen-bond donors (Lipinski definition) is 1. The third-order valence-electron chi connectivity index (χ3n) is 3.52. The van der Waals surface area contributed by atoms with Gasteiger partial charge in [-0.1, -0.05) is 52.8 Å². The number of hydrogen-bond acceptors (Lipinski definition) is 2. The first-order chi connectivity index (χ1) is 8.82. The van der Waals surface area contributed by atoms with Gasteiger partial charge in [0, 0.05) is 12.6 Å². The van der Waals surface area contributed by atoms with Crippen LogP contribution >= 0.6 is 0 Å². The Kier molecular flexibility index (Phi) is 5.86. The molecule has 0 saturated carbocycles. The molecule has 0 fully saturated rings. The maximum Gasteiger partial charge on any atom is 0.123 e. The minimum absolute atomic E-state index is 0.120. The fourth-order valence-electron chi connectivity index (χ4n) is 1.90. The Bertz CT molecular complexity index is 379. The van der Waals surface area contributed by atoms with Gasteiger partial charge in [-0.2, -0.15) is 0 Å². The summed E-state index contributed by atoms with van der Waals surface area (Å²) >= 11 is 0. The van der Waals surface area contributed by atoms with Crippen LogP contribution in [-0.2, 0) is 5.41 Å². The van der Waals surface area contributed by atoms with Crippen molar-refractivity contribution in [2.24, 2.45) is 5.92 Å². The van der Waals surface area contributed by atoms with Crippen molar-refractivity contribution in [1.82, 2.24) is 5.32 Å². The molecule has 2 nitrogen and oxygen atoms in total. The van der Waals surface area contributed by atoms with Crippen LogP contribution < -0.4 is 10.1 Å². The Hall–Kier alpha value is -1.02. The second-order valence-electron chi connectivity index (χ2n) is 6.58. The summed E-state index contributed by atoms with van der Waals surface area (Å²) in [6.45, 7) is 14.9. The van der Waals surface area contributed by atoms with E-state index in [-0.39, 0.29) is 5.41 Å². The highest BCUT2D eigenvalue weighted by Gasteiger charge is 2.18. The lowest BCUT2D eigenvalue weighted by atomic mass is 9.86. The average Bonchev–Trinajstić information content (AvgIpc) is 2.33. The quantitative estimate of drug-likeness (QED) is 0.783. The summed E-state index contributed by atoms with van der Waals surface area (Å²) in [4.78, 5) is 0. The average molecular weight is 263 g/mol. The van der Waals surface area contributed by atoms with Crippen LogP contribution in [0.5, 0.6) is 5.75 Å². The van der Waals surface area contributed by atoms with E-state index in [1.165, 1.54) is 5.56 Å². The molecule has 0 spiro atoms. The lowest BCUT2D eigenvalue weighted by Crippen LogP contribution is -2.34. The summed E-state index contributed by atoms with van der Waals surface area (Å²) < 4.78 is 5.93. The van der Waals surface area contributed by atoms with Crippen molar-refractivity contribution in [2.75, 3.05) is 13.2 Å². The Balaban J connectivity index is 2.50. The fraction of sp³-hybridized carbons (Fsp3) is 0.647. The van der Waals surface area contributed by atoms with Gasteiger partial charge >= 0.3 is 0 Å². The molecule has 0 radical (unpaired) electrons. The van der Waals surface area contributed by atoms with Crippen molar-refractivity contribution in [1.29, 1.82) is 0 Å². The van der Waals surface area contributed by atoms with E-state index in [0.717, 1.165) is 12.3 Å². The predicted molar refractivity (Wildman–Crippen MR) is 82.9 cm³/mol. The molecule has 0 aromatic heterocycles. The molecule has 0 saturated heterocycles. The van der Waals surface area contributed by atoms with E-state index in [9.17, 15) is 0 Å². The maximum atomic E-state index is 5.93. The van der Waals surface area contributed by atoms with E-state index in [1.807, 2.05) is 6.07 Å². The Morgan fingerprint density at radius 2 is 1.74 bits per heavy atom. The van der Waals surface area contributed by atoms with Gasteiger partial charge < -0.3 is 10.1 Å². The van der Waals surface area contributed by atoms with Crippen LogP contribution in [-0.4, -0.2) is 19.2 Å². The van der Waals surface area contributed by atoms with E-state index in [1.54, 1.807) is 0 Å². The number of benzene rings is 1. The maximum absolute atomic E-state index is 5.93. The van der Waals surface area contributed by atoms with E-state index in [0.29, 0.717) is 18.6 Å². The summed E-state index contributed by atoms with van der Waals surface area (Å²) in [5, 5.41) is 3.49. The Morgan fingerprint density at radius 3 is 2.32 bits per heavy atom. The molecule has 0 aliphatic rings. The first kappa shape index (κ1) is 16.0. The highest BCUT2D eigenvalue weighted by molar-refractivity contribution is 5.38. The van der Waals surface area contributed by atoms with Crippen molar-refractivity contribution in [2.45, 2.75) is 53.0 Å². The molecule has 1 aromatic rings. The van der Waals surface area contributed by atoms with E-state index >= 15 is 0 Å². The summed E-state index contributed by atoms with van der Waals surface area (Å²) in [7, 11) is 0. The molecular formula is C17H29NO. The van der Waals surface area contributed by atoms with Crippen molar-refractivity contribution >= 4 is 0 Å². The van der Waals surface area contributed by atoms with Gasteiger partial charge in [-0.05, 0) is 29.9 Å². The zero-order chi connectivity index (χ0) is 14.5. The van der Waals surface area contributed by atoms with Gasteiger partial charge in [0.15, 0.2) is 0 Å². The van der Waals surface area contributed by atoms with Crippen LogP contribution in [0.2, 0.25) is 0 Å². The van der Waals surface area contributed by atoms with Gasteiger partial charge in [0.2, 0.25) is 0 Å². The van der Waals surface area contributed by atoms with E-state index in [4.69, 9.17) is 4.74 Å². The molecule has 1 rings (SSSR count). The highest BCUT2D eigenvalue weighted by Crippen LogP contribution is 2.30. The summed E-state index contributed by atoms with van der Waals surface area (Å²) in [5.74, 6) is 1.66. The standard InChI is InChI=1S/C17H29NO/c1-13(2)14(3)18-11-12-19-16-10-8-7-9-15(16)17(4,5)6/h7-10,13-14,18H,11-12H2,1-6H3. The normalized spacial score (nSPS) is 13.6. The molecule has 19 heavy (non-hydrogen) atoms. The van der Waals surface area contributed by atoms with Gasteiger partial charge in [-0.15, -0.1) is 0 Å².